The number of aliphatic imine (C=N–C) groups is 1. The van der Waals surface area contributed by atoms with Crippen molar-refractivity contribution in [3.05, 3.63) is 0 Å². The molecule has 0 radical (unpaired) electrons. The molecular weight excluding hydrogens is 238 g/mol. The Morgan fingerprint density at radius 2 is 1.95 bits per heavy atom. The van der Waals surface area contributed by atoms with E-state index in [1.165, 1.54) is 39.0 Å². The van der Waals surface area contributed by atoms with Gasteiger partial charge < -0.3 is 15.5 Å². The number of piperazine rings is 1. The molecule has 2 N–H and O–H groups in total. The molecule has 0 amide bonds. The summed E-state index contributed by atoms with van der Waals surface area (Å²) in [5.41, 5.74) is 0. The largest absolute Gasteiger partial charge is 0.357 e. The van der Waals surface area contributed by atoms with Gasteiger partial charge in [-0.2, -0.15) is 0 Å². The smallest absolute Gasteiger partial charge is 0.191 e. The van der Waals surface area contributed by atoms with Crippen molar-refractivity contribution in [1.82, 2.24) is 20.4 Å². The van der Waals surface area contributed by atoms with Crippen LogP contribution < -0.4 is 10.6 Å². The summed E-state index contributed by atoms with van der Waals surface area (Å²) >= 11 is 0. The molecule has 0 spiro atoms. The van der Waals surface area contributed by atoms with Gasteiger partial charge >= 0.3 is 0 Å². The molecule has 1 saturated carbocycles. The van der Waals surface area contributed by atoms with Crippen LogP contribution in [0.15, 0.2) is 4.99 Å². The first kappa shape index (κ1) is 14.6. The molecule has 110 valence electrons. The average molecular weight is 267 g/mol. The molecule has 0 aromatic carbocycles. The third kappa shape index (κ3) is 4.99. The van der Waals surface area contributed by atoms with Crippen LogP contribution in [-0.2, 0) is 0 Å². The molecule has 1 saturated heterocycles. The molecule has 19 heavy (non-hydrogen) atoms. The topological polar surface area (TPSA) is 42.9 Å². The van der Waals surface area contributed by atoms with E-state index in [9.17, 15) is 0 Å². The minimum Gasteiger partial charge on any atom is -0.357 e. The molecule has 1 aliphatic carbocycles. The van der Waals surface area contributed by atoms with Gasteiger partial charge in [0.05, 0.1) is 6.54 Å². The van der Waals surface area contributed by atoms with Gasteiger partial charge in [-0.05, 0) is 33.7 Å². The number of rotatable bonds is 5. The predicted octanol–water partition coefficient (Wildman–Crippen LogP) is 0.340. The minimum atomic E-state index is 0.531. The fourth-order valence-corrected chi connectivity index (χ4v) is 2.34. The van der Waals surface area contributed by atoms with Crippen LogP contribution in [0, 0.1) is 0 Å². The second-order valence-corrected chi connectivity index (χ2v) is 5.83. The lowest BCUT2D eigenvalue weighted by molar-refractivity contribution is 0.122. The zero-order chi connectivity index (χ0) is 13.7. The molecule has 2 aliphatic rings. The van der Waals surface area contributed by atoms with Crippen LogP contribution in [0.4, 0.5) is 0 Å². The van der Waals surface area contributed by atoms with Crippen molar-refractivity contribution in [2.75, 3.05) is 46.3 Å². The number of hydrogen-bond donors (Lipinski definition) is 2. The molecule has 0 aromatic rings. The van der Waals surface area contributed by atoms with Crippen molar-refractivity contribution < 1.29 is 0 Å². The number of hydrogen-bond acceptors (Lipinski definition) is 3. The second-order valence-electron chi connectivity index (χ2n) is 5.83. The van der Waals surface area contributed by atoms with Crippen LogP contribution in [0.3, 0.4) is 0 Å². The van der Waals surface area contributed by atoms with Gasteiger partial charge in [0, 0.05) is 44.8 Å². The number of likely N-dealkylation sites (N-methyl/N-ethyl adjacent to an activating group) is 1. The number of nitrogens with one attached hydrogen (secondary N) is 2. The van der Waals surface area contributed by atoms with E-state index in [0.717, 1.165) is 19.0 Å². The molecule has 2 rings (SSSR count). The zero-order valence-electron chi connectivity index (χ0n) is 12.7. The minimum absolute atomic E-state index is 0.531. The third-order valence-electron chi connectivity index (χ3n) is 3.94. The summed E-state index contributed by atoms with van der Waals surface area (Å²) in [6.45, 7) is 10.9. The standard InChI is InChI=1S/C14H29N5/c1-4-15-14(17-13-5-6-13)16-11-12(2)19-9-7-18(3)8-10-19/h12-13H,4-11H2,1-3H3,(H2,15,16,17). The highest BCUT2D eigenvalue weighted by atomic mass is 15.3. The first-order chi connectivity index (χ1) is 9.19. The Kier molecular flexibility index (Phi) is 5.45. The van der Waals surface area contributed by atoms with Crippen LogP contribution >= 0.6 is 0 Å². The normalized spacial score (nSPS) is 24.3. The van der Waals surface area contributed by atoms with E-state index < -0.39 is 0 Å². The van der Waals surface area contributed by atoms with Crippen molar-refractivity contribution >= 4 is 5.96 Å². The van der Waals surface area contributed by atoms with Gasteiger partial charge in [0.1, 0.15) is 0 Å². The molecule has 5 nitrogen and oxygen atoms in total. The molecule has 0 aromatic heterocycles. The zero-order valence-corrected chi connectivity index (χ0v) is 12.7. The SMILES string of the molecule is CCNC(=NCC(C)N1CCN(C)CC1)NC1CC1. The lowest BCUT2D eigenvalue weighted by Crippen LogP contribution is -2.49. The lowest BCUT2D eigenvalue weighted by Gasteiger charge is -2.35. The van der Waals surface area contributed by atoms with E-state index in [2.05, 4.69) is 41.3 Å². The molecule has 5 heteroatoms. The summed E-state index contributed by atoms with van der Waals surface area (Å²) in [5, 5.41) is 6.80. The molecule has 1 heterocycles. The van der Waals surface area contributed by atoms with Crippen molar-refractivity contribution in [1.29, 1.82) is 0 Å². The van der Waals surface area contributed by atoms with E-state index in [4.69, 9.17) is 4.99 Å². The van der Waals surface area contributed by atoms with Gasteiger partial charge in [-0.15, -0.1) is 0 Å². The first-order valence-corrected chi connectivity index (χ1v) is 7.66. The van der Waals surface area contributed by atoms with E-state index in [0.29, 0.717) is 12.1 Å². The van der Waals surface area contributed by atoms with Crippen LogP contribution in [0.5, 0.6) is 0 Å². The van der Waals surface area contributed by atoms with Gasteiger partial charge in [0.15, 0.2) is 5.96 Å². The number of nitrogens with zero attached hydrogens (tertiary/aromatic N) is 3. The van der Waals surface area contributed by atoms with E-state index >= 15 is 0 Å². The molecule has 1 unspecified atom stereocenters. The second kappa shape index (κ2) is 7.10. The lowest BCUT2D eigenvalue weighted by atomic mass is 10.2. The predicted molar refractivity (Wildman–Crippen MR) is 80.7 cm³/mol. The quantitative estimate of drug-likeness (QED) is 0.557. The fraction of sp³-hybridized carbons (Fsp3) is 0.929. The maximum Gasteiger partial charge on any atom is 0.191 e. The number of guanidine groups is 1. The van der Waals surface area contributed by atoms with Crippen LogP contribution in [0.1, 0.15) is 26.7 Å². The summed E-state index contributed by atoms with van der Waals surface area (Å²) in [5.74, 6) is 0.992. The van der Waals surface area contributed by atoms with Crippen molar-refractivity contribution in [2.45, 2.75) is 38.8 Å². The molecule has 1 atom stereocenters. The van der Waals surface area contributed by atoms with Crippen molar-refractivity contribution in [3.8, 4) is 0 Å². The van der Waals surface area contributed by atoms with E-state index in [1.54, 1.807) is 0 Å². The Morgan fingerprint density at radius 1 is 1.26 bits per heavy atom. The highest BCUT2D eigenvalue weighted by Crippen LogP contribution is 2.18. The van der Waals surface area contributed by atoms with Gasteiger partial charge in [-0.1, -0.05) is 0 Å². The summed E-state index contributed by atoms with van der Waals surface area (Å²) in [4.78, 5) is 9.67. The maximum absolute atomic E-state index is 4.73. The van der Waals surface area contributed by atoms with Gasteiger partial charge in [-0.3, -0.25) is 9.89 Å². The Labute approximate surface area is 117 Å². The molecular formula is C14H29N5. The monoisotopic (exact) mass is 267 g/mol. The van der Waals surface area contributed by atoms with Gasteiger partial charge in [-0.25, -0.2) is 0 Å². The van der Waals surface area contributed by atoms with Gasteiger partial charge in [0.25, 0.3) is 0 Å². The van der Waals surface area contributed by atoms with Gasteiger partial charge in [0.2, 0.25) is 0 Å². The molecule has 1 aliphatic heterocycles. The Balaban J connectivity index is 1.77. The average Bonchev–Trinajstić information content (AvgIpc) is 3.21. The highest BCUT2D eigenvalue weighted by molar-refractivity contribution is 5.80. The van der Waals surface area contributed by atoms with E-state index in [-0.39, 0.29) is 0 Å². The van der Waals surface area contributed by atoms with Crippen LogP contribution in [0.25, 0.3) is 0 Å². The summed E-state index contributed by atoms with van der Waals surface area (Å²) in [6, 6.07) is 1.19. The van der Waals surface area contributed by atoms with Crippen LogP contribution in [-0.4, -0.2) is 74.2 Å². The summed E-state index contributed by atoms with van der Waals surface area (Å²) in [7, 11) is 2.20. The fourth-order valence-electron chi connectivity index (χ4n) is 2.34. The van der Waals surface area contributed by atoms with Crippen LogP contribution in [0.2, 0.25) is 0 Å². The molecule has 2 fully saturated rings. The van der Waals surface area contributed by atoms with Crippen molar-refractivity contribution in [3.63, 3.8) is 0 Å². The summed E-state index contributed by atoms with van der Waals surface area (Å²) in [6.07, 6.45) is 2.58. The van der Waals surface area contributed by atoms with E-state index in [1.807, 2.05) is 0 Å². The van der Waals surface area contributed by atoms with Crippen molar-refractivity contribution in [2.24, 2.45) is 4.99 Å². The first-order valence-electron chi connectivity index (χ1n) is 7.66. The molecule has 0 bridgehead atoms. The Bertz CT molecular complexity index is 292. The Morgan fingerprint density at radius 3 is 2.53 bits per heavy atom. The summed E-state index contributed by atoms with van der Waals surface area (Å²) < 4.78 is 0. The highest BCUT2D eigenvalue weighted by Gasteiger charge is 2.23. The Hall–Kier alpha value is -0.810. The third-order valence-corrected chi connectivity index (χ3v) is 3.94. The maximum atomic E-state index is 4.73.